The second kappa shape index (κ2) is 8.20. The van der Waals surface area contributed by atoms with E-state index < -0.39 is 29.8 Å². The number of nitrogens with one attached hydrogen (secondary N) is 2. The van der Waals surface area contributed by atoms with Gasteiger partial charge in [-0.15, -0.1) is 0 Å². The van der Waals surface area contributed by atoms with Crippen molar-refractivity contribution >= 4 is 11.6 Å². The maximum absolute atomic E-state index is 14.6. The lowest BCUT2D eigenvalue weighted by Crippen LogP contribution is -2.31. The molecule has 1 amide bonds. The van der Waals surface area contributed by atoms with Gasteiger partial charge in [-0.05, 0) is 38.6 Å². The lowest BCUT2D eigenvalue weighted by Gasteiger charge is -2.20. The van der Waals surface area contributed by atoms with E-state index in [1.165, 1.54) is 18.2 Å². The van der Waals surface area contributed by atoms with E-state index in [-0.39, 0.29) is 23.2 Å². The first-order valence-corrected chi connectivity index (χ1v) is 11.3. The van der Waals surface area contributed by atoms with Gasteiger partial charge in [0.05, 0.1) is 22.9 Å². The molecule has 0 unspecified atom stereocenters. The predicted molar refractivity (Wildman–Crippen MR) is 118 cm³/mol. The normalized spacial score (nSPS) is 25.1. The Kier molecular flexibility index (Phi) is 5.47. The Balaban J connectivity index is 1.40. The molecular formula is C24H27F3N4O2. The van der Waals surface area contributed by atoms with E-state index in [1.807, 2.05) is 0 Å². The van der Waals surface area contributed by atoms with Gasteiger partial charge in [0.15, 0.2) is 0 Å². The Morgan fingerprint density at radius 2 is 1.82 bits per heavy atom. The number of fused-ring (bicyclic) bond motifs is 1. The first kappa shape index (κ1) is 22.0. The number of benzene rings is 1. The van der Waals surface area contributed by atoms with Crippen LogP contribution < -0.4 is 16.2 Å². The van der Waals surface area contributed by atoms with Crippen molar-refractivity contribution in [1.82, 2.24) is 14.8 Å². The van der Waals surface area contributed by atoms with Crippen LogP contribution in [0.15, 0.2) is 35.3 Å². The van der Waals surface area contributed by atoms with Crippen molar-refractivity contribution in [3.8, 4) is 0 Å². The monoisotopic (exact) mass is 460 g/mol. The number of aromatic nitrogens is 1. The summed E-state index contributed by atoms with van der Waals surface area (Å²) in [7, 11) is 2.07. The van der Waals surface area contributed by atoms with Gasteiger partial charge in [-0.25, -0.2) is 13.2 Å². The van der Waals surface area contributed by atoms with E-state index in [2.05, 4.69) is 22.6 Å². The molecule has 2 N–H and O–H groups in total. The van der Waals surface area contributed by atoms with Gasteiger partial charge in [0.2, 0.25) is 0 Å². The standard InChI is InChI=1S/C24H27F3N4O2/c1-12(14-4-3-5-15(21(14)25)23(26)27)28-24(33)18-11-31(13-6-7-13)20(32)8-19(18)29-22-16-9-30(2)10-17(16)22/h3-5,8,11-13,16-17,22-23,29H,6-7,9-10H2,1-2H3,(H,28,33)/t12-,16-,17+,22-/m1/s1. The van der Waals surface area contributed by atoms with Crippen molar-refractivity contribution in [3.63, 3.8) is 0 Å². The fourth-order valence-electron chi connectivity index (χ4n) is 5.04. The minimum Gasteiger partial charge on any atom is -0.381 e. The molecule has 3 aliphatic rings. The summed E-state index contributed by atoms with van der Waals surface area (Å²) in [6.07, 6.45) is 0.396. The summed E-state index contributed by atoms with van der Waals surface area (Å²) in [6.45, 7) is 3.50. The van der Waals surface area contributed by atoms with E-state index in [4.69, 9.17) is 0 Å². The van der Waals surface area contributed by atoms with Crippen molar-refractivity contribution in [2.24, 2.45) is 11.8 Å². The Bertz CT molecular complexity index is 1140. The first-order chi connectivity index (χ1) is 15.7. The zero-order valence-corrected chi connectivity index (χ0v) is 18.5. The van der Waals surface area contributed by atoms with Crippen LogP contribution in [0.3, 0.4) is 0 Å². The number of carbonyl (C=O) groups excluding carboxylic acids is 1. The number of amides is 1. The summed E-state index contributed by atoms with van der Waals surface area (Å²) in [4.78, 5) is 28.1. The average Bonchev–Trinajstić information content (AvgIpc) is 3.66. The molecule has 1 aromatic heterocycles. The zero-order chi connectivity index (χ0) is 23.4. The number of alkyl halides is 2. The number of pyridine rings is 1. The van der Waals surface area contributed by atoms with E-state index in [9.17, 15) is 22.8 Å². The van der Waals surface area contributed by atoms with Crippen molar-refractivity contribution in [3.05, 3.63) is 63.3 Å². The third-order valence-corrected chi connectivity index (χ3v) is 7.07. The summed E-state index contributed by atoms with van der Waals surface area (Å²) in [5, 5.41) is 6.12. The number of anilines is 1. The number of nitrogens with zero attached hydrogens (tertiary/aromatic N) is 2. The second-order valence-corrected chi connectivity index (χ2v) is 9.54. The van der Waals surface area contributed by atoms with Crippen molar-refractivity contribution in [2.45, 2.75) is 44.3 Å². The Morgan fingerprint density at radius 1 is 1.15 bits per heavy atom. The van der Waals surface area contributed by atoms with Crippen molar-refractivity contribution in [1.29, 1.82) is 0 Å². The molecule has 33 heavy (non-hydrogen) atoms. The van der Waals surface area contributed by atoms with Gasteiger partial charge in [0, 0.05) is 43.0 Å². The highest BCUT2D eigenvalue weighted by atomic mass is 19.3. The topological polar surface area (TPSA) is 66.4 Å². The number of halogens is 3. The molecule has 2 heterocycles. The first-order valence-electron chi connectivity index (χ1n) is 11.3. The smallest absolute Gasteiger partial charge is 0.266 e. The van der Waals surface area contributed by atoms with Crippen molar-refractivity contribution in [2.75, 3.05) is 25.5 Å². The number of piperidine rings is 1. The van der Waals surface area contributed by atoms with Gasteiger partial charge in [0.25, 0.3) is 17.9 Å². The van der Waals surface area contributed by atoms with Crippen molar-refractivity contribution < 1.29 is 18.0 Å². The number of carbonyl (C=O) groups is 1. The van der Waals surface area contributed by atoms with Crippen LogP contribution in [-0.2, 0) is 0 Å². The highest BCUT2D eigenvalue weighted by Crippen LogP contribution is 2.47. The molecule has 2 saturated carbocycles. The van der Waals surface area contributed by atoms with Crippen LogP contribution in [0.1, 0.15) is 59.8 Å². The summed E-state index contributed by atoms with van der Waals surface area (Å²) in [5.41, 5.74) is -0.0971. The van der Waals surface area contributed by atoms with E-state index >= 15 is 0 Å². The van der Waals surface area contributed by atoms with Gasteiger partial charge >= 0.3 is 0 Å². The molecule has 4 atom stereocenters. The van der Waals surface area contributed by atoms with Gasteiger partial charge in [-0.2, -0.15) is 0 Å². The molecule has 0 radical (unpaired) electrons. The highest BCUT2D eigenvalue weighted by Gasteiger charge is 2.55. The number of hydrogen-bond donors (Lipinski definition) is 2. The Morgan fingerprint density at radius 3 is 2.45 bits per heavy atom. The van der Waals surface area contributed by atoms with E-state index in [0.29, 0.717) is 23.1 Å². The minimum absolute atomic E-state index is 0.00839. The Hall–Kier alpha value is -2.81. The molecule has 5 rings (SSSR count). The quantitative estimate of drug-likeness (QED) is 0.661. The SMILES string of the molecule is C[C@@H](NC(=O)c1cn(C2CC2)c(=O)cc1N[C@@H]1[C@@H]2CN(C)C[C@@H]21)c1cccc(C(F)F)c1F. The van der Waals surface area contributed by atoms with Gasteiger partial charge < -0.3 is 20.1 Å². The van der Waals surface area contributed by atoms with Crippen LogP contribution in [0.5, 0.6) is 0 Å². The van der Waals surface area contributed by atoms with Gasteiger partial charge in [-0.3, -0.25) is 9.59 Å². The van der Waals surface area contributed by atoms with Crippen LogP contribution >= 0.6 is 0 Å². The zero-order valence-electron chi connectivity index (χ0n) is 18.5. The summed E-state index contributed by atoms with van der Waals surface area (Å²) >= 11 is 0. The molecule has 0 spiro atoms. The van der Waals surface area contributed by atoms with Crippen LogP contribution in [0.4, 0.5) is 18.9 Å². The summed E-state index contributed by atoms with van der Waals surface area (Å²) < 4.78 is 42.3. The fourth-order valence-corrected chi connectivity index (χ4v) is 5.04. The molecule has 1 aliphatic heterocycles. The largest absolute Gasteiger partial charge is 0.381 e. The fraction of sp³-hybridized carbons (Fsp3) is 0.500. The average molecular weight is 461 g/mol. The molecule has 2 aromatic rings. The van der Waals surface area contributed by atoms with Gasteiger partial charge in [-0.1, -0.05) is 18.2 Å². The van der Waals surface area contributed by atoms with Gasteiger partial charge in [0.1, 0.15) is 5.82 Å². The number of rotatable bonds is 7. The maximum atomic E-state index is 14.6. The van der Waals surface area contributed by atoms with Crippen LogP contribution in [0.25, 0.3) is 0 Å². The molecular weight excluding hydrogens is 433 g/mol. The molecule has 176 valence electrons. The maximum Gasteiger partial charge on any atom is 0.266 e. The predicted octanol–water partition coefficient (Wildman–Crippen LogP) is 3.72. The molecule has 2 aliphatic carbocycles. The minimum atomic E-state index is -2.94. The molecule has 0 bridgehead atoms. The lowest BCUT2D eigenvalue weighted by molar-refractivity contribution is 0.0939. The Labute approximate surface area is 189 Å². The third kappa shape index (κ3) is 4.14. The van der Waals surface area contributed by atoms with Crippen LogP contribution in [0, 0.1) is 17.7 Å². The second-order valence-electron chi connectivity index (χ2n) is 9.54. The molecule has 3 fully saturated rings. The lowest BCUT2D eigenvalue weighted by atomic mass is 10.0. The number of hydrogen-bond acceptors (Lipinski definition) is 4. The summed E-state index contributed by atoms with van der Waals surface area (Å²) in [5.74, 6) is -0.524. The summed E-state index contributed by atoms with van der Waals surface area (Å²) in [6, 6.07) is 4.71. The molecule has 1 saturated heterocycles. The molecule has 1 aromatic carbocycles. The third-order valence-electron chi connectivity index (χ3n) is 7.07. The van der Waals surface area contributed by atoms with Crippen LogP contribution in [0.2, 0.25) is 0 Å². The van der Waals surface area contributed by atoms with Crippen LogP contribution in [-0.4, -0.2) is 41.6 Å². The van der Waals surface area contributed by atoms with E-state index in [0.717, 1.165) is 32.0 Å². The molecule has 6 nitrogen and oxygen atoms in total. The highest BCUT2D eigenvalue weighted by molar-refractivity contribution is 5.99. The molecule has 9 heteroatoms. The van der Waals surface area contributed by atoms with E-state index in [1.54, 1.807) is 17.7 Å². The number of likely N-dealkylation sites (tertiary alicyclic amines) is 1.